The average Bonchev–Trinajstić information content (AvgIpc) is 2.28. The summed E-state index contributed by atoms with van der Waals surface area (Å²) in [7, 11) is 0. The molecule has 0 fully saturated rings. The van der Waals surface area contributed by atoms with Crippen molar-refractivity contribution in [3.8, 4) is 0 Å². The average molecular weight is 238 g/mol. The zero-order valence-electron chi connectivity index (χ0n) is 10.1. The Bertz CT molecular complexity index is 351. The van der Waals surface area contributed by atoms with Crippen LogP contribution in [0.25, 0.3) is 0 Å². The fraction of sp³-hybridized carbons (Fsp3) is 0.462. The van der Waals surface area contributed by atoms with Gasteiger partial charge in [-0.15, -0.1) is 0 Å². The van der Waals surface area contributed by atoms with Gasteiger partial charge in [0, 0.05) is 19.0 Å². The number of nitrogens with two attached hydrogens (primary N) is 1. The van der Waals surface area contributed by atoms with E-state index in [2.05, 4.69) is 5.32 Å². The molecular weight excluding hydrogens is 219 g/mol. The molecular formula is C13H19FN2O. The van der Waals surface area contributed by atoms with Crippen LogP contribution in [-0.4, -0.2) is 11.9 Å². The highest BCUT2D eigenvalue weighted by molar-refractivity contribution is 5.76. The molecule has 0 aromatic heterocycles. The molecule has 1 atom stereocenters. The first-order chi connectivity index (χ1) is 8.11. The smallest absolute Gasteiger partial charge is 0.221 e. The van der Waals surface area contributed by atoms with Gasteiger partial charge in [-0.2, -0.15) is 0 Å². The Morgan fingerprint density at radius 2 is 2.06 bits per heavy atom. The first-order valence-electron chi connectivity index (χ1n) is 5.88. The molecule has 4 heteroatoms. The maximum Gasteiger partial charge on any atom is 0.221 e. The summed E-state index contributed by atoms with van der Waals surface area (Å²) in [6.07, 6.45) is 2.17. The van der Waals surface area contributed by atoms with E-state index in [0.29, 0.717) is 13.0 Å². The number of amides is 1. The van der Waals surface area contributed by atoms with E-state index in [-0.39, 0.29) is 17.8 Å². The third kappa shape index (κ3) is 5.45. The third-order valence-corrected chi connectivity index (χ3v) is 2.51. The van der Waals surface area contributed by atoms with Gasteiger partial charge < -0.3 is 11.1 Å². The molecule has 3 nitrogen and oxygen atoms in total. The summed E-state index contributed by atoms with van der Waals surface area (Å²) in [5.74, 6) is -0.333. The van der Waals surface area contributed by atoms with Gasteiger partial charge in [-0.25, -0.2) is 4.39 Å². The van der Waals surface area contributed by atoms with Crippen molar-refractivity contribution in [2.45, 2.75) is 38.8 Å². The van der Waals surface area contributed by atoms with E-state index in [0.717, 1.165) is 18.4 Å². The van der Waals surface area contributed by atoms with Gasteiger partial charge in [-0.3, -0.25) is 4.79 Å². The first-order valence-corrected chi connectivity index (χ1v) is 5.88. The van der Waals surface area contributed by atoms with Gasteiger partial charge in [0.05, 0.1) is 0 Å². The zero-order chi connectivity index (χ0) is 12.7. The molecule has 0 aliphatic rings. The van der Waals surface area contributed by atoms with Gasteiger partial charge in [-0.1, -0.05) is 25.5 Å². The van der Waals surface area contributed by atoms with E-state index in [1.54, 1.807) is 12.1 Å². The molecule has 0 bridgehead atoms. The minimum absolute atomic E-state index is 0.0599. The first kappa shape index (κ1) is 13.6. The lowest BCUT2D eigenvalue weighted by Crippen LogP contribution is -2.31. The predicted octanol–water partition coefficient (Wildman–Crippen LogP) is 1.96. The Balaban J connectivity index is 2.30. The second-order valence-electron chi connectivity index (χ2n) is 4.16. The Kier molecular flexibility index (Phi) is 5.63. The Morgan fingerprint density at radius 3 is 2.65 bits per heavy atom. The van der Waals surface area contributed by atoms with Crippen molar-refractivity contribution in [2.75, 3.05) is 0 Å². The van der Waals surface area contributed by atoms with E-state index in [4.69, 9.17) is 5.73 Å². The highest BCUT2D eigenvalue weighted by Gasteiger charge is 2.08. The number of carbonyl (C=O) groups excluding carboxylic acids is 1. The van der Waals surface area contributed by atoms with Gasteiger partial charge in [0.2, 0.25) is 5.91 Å². The van der Waals surface area contributed by atoms with Crippen molar-refractivity contribution in [1.29, 1.82) is 0 Å². The normalized spacial score (nSPS) is 12.2. The zero-order valence-corrected chi connectivity index (χ0v) is 10.1. The highest BCUT2D eigenvalue weighted by Crippen LogP contribution is 2.03. The maximum atomic E-state index is 12.6. The van der Waals surface area contributed by atoms with Crippen LogP contribution in [0.4, 0.5) is 4.39 Å². The minimum atomic E-state index is -0.273. The summed E-state index contributed by atoms with van der Waals surface area (Å²) < 4.78 is 12.6. The molecule has 0 aliphatic carbocycles. The fourth-order valence-corrected chi connectivity index (χ4v) is 1.59. The number of carbonyl (C=O) groups is 1. The van der Waals surface area contributed by atoms with Crippen molar-refractivity contribution >= 4 is 5.91 Å². The van der Waals surface area contributed by atoms with Crippen molar-refractivity contribution in [2.24, 2.45) is 5.73 Å². The summed E-state index contributed by atoms with van der Waals surface area (Å²) in [4.78, 5) is 11.5. The number of nitrogens with one attached hydrogen (secondary N) is 1. The number of halogens is 1. The van der Waals surface area contributed by atoms with Gasteiger partial charge >= 0.3 is 0 Å². The molecule has 0 aliphatic heterocycles. The molecule has 0 saturated heterocycles. The molecule has 17 heavy (non-hydrogen) atoms. The molecule has 1 rings (SSSR count). The summed E-state index contributed by atoms with van der Waals surface area (Å²) in [5.41, 5.74) is 6.64. The van der Waals surface area contributed by atoms with Crippen molar-refractivity contribution in [1.82, 2.24) is 5.32 Å². The molecule has 0 spiro atoms. The van der Waals surface area contributed by atoms with Crippen LogP contribution in [0.2, 0.25) is 0 Å². The lowest BCUT2D eigenvalue weighted by atomic mass is 10.1. The second kappa shape index (κ2) is 7.01. The summed E-state index contributed by atoms with van der Waals surface area (Å²) >= 11 is 0. The van der Waals surface area contributed by atoms with Crippen LogP contribution in [0.15, 0.2) is 24.3 Å². The number of hydrogen-bond donors (Lipinski definition) is 2. The van der Waals surface area contributed by atoms with Crippen LogP contribution in [0.1, 0.15) is 31.7 Å². The molecule has 0 radical (unpaired) electrons. The topological polar surface area (TPSA) is 55.1 Å². The van der Waals surface area contributed by atoms with Crippen LogP contribution >= 0.6 is 0 Å². The van der Waals surface area contributed by atoms with Crippen molar-refractivity contribution < 1.29 is 9.18 Å². The van der Waals surface area contributed by atoms with Gasteiger partial charge in [-0.05, 0) is 24.1 Å². The monoisotopic (exact) mass is 238 g/mol. The second-order valence-corrected chi connectivity index (χ2v) is 4.16. The number of hydrogen-bond acceptors (Lipinski definition) is 2. The van der Waals surface area contributed by atoms with E-state index < -0.39 is 0 Å². The van der Waals surface area contributed by atoms with Crippen LogP contribution < -0.4 is 11.1 Å². The number of benzene rings is 1. The highest BCUT2D eigenvalue weighted by atomic mass is 19.1. The largest absolute Gasteiger partial charge is 0.352 e. The summed E-state index contributed by atoms with van der Waals surface area (Å²) in [6, 6.07) is 5.99. The van der Waals surface area contributed by atoms with Crippen LogP contribution in [-0.2, 0) is 11.3 Å². The van der Waals surface area contributed by atoms with Crippen molar-refractivity contribution in [3.63, 3.8) is 0 Å². The molecule has 0 heterocycles. The predicted molar refractivity (Wildman–Crippen MR) is 65.7 cm³/mol. The van der Waals surface area contributed by atoms with E-state index >= 15 is 0 Å². The molecule has 1 amide bonds. The molecule has 1 unspecified atom stereocenters. The van der Waals surface area contributed by atoms with E-state index in [1.807, 2.05) is 6.92 Å². The van der Waals surface area contributed by atoms with Gasteiger partial charge in [0.1, 0.15) is 5.82 Å². The van der Waals surface area contributed by atoms with Crippen molar-refractivity contribution in [3.05, 3.63) is 35.6 Å². The quantitative estimate of drug-likeness (QED) is 0.796. The van der Waals surface area contributed by atoms with Gasteiger partial charge in [0.15, 0.2) is 0 Å². The fourth-order valence-electron chi connectivity index (χ4n) is 1.59. The lowest BCUT2D eigenvalue weighted by molar-refractivity contribution is -0.121. The molecule has 1 aromatic rings. The van der Waals surface area contributed by atoms with Gasteiger partial charge in [0.25, 0.3) is 0 Å². The third-order valence-electron chi connectivity index (χ3n) is 2.51. The number of rotatable bonds is 6. The summed E-state index contributed by atoms with van der Waals surface area (Å²) in [6.45, 7) is 2.45. The van der Waals surface area contributed by atoms with Crippen LogP contribution in [0.5, 0.6) is 0 Å². The van der Waals surface area contributed by atoms with E-state index in [1.165, 1.54) is 12.1 Å². The summed E-state index contributed by atoms with van der Waals surface area (Å²) in [5, 5.41) is 2.77. The lowest BCUT2D eigenvalue weighted by Gasteiger charge is -2.10. The molecule has 0 saturated carbocycles. The molecule has 1 aromatic carbocycles. The Morgan fingerprint density at radius 1 is 1.41 bits per heavy atom. The SMILES string of the molecule is CCCC(N)CC(=O)NCc1ccc(F)cc1. The Labute approximate surface area is 101 Å². The molecule has 3 N–H and O–H groups in total. The minimum Gasteiger partial charge on any atom is -0.352 e. The standard InChI is InChI=1S/C13H19FN2O/c1-2-3-12(15)8-13(17)16-9-10-4-6-11(14)7-5-10/h4-7,12H,2-3,8-9,15H2,1H3,(H,16,17). The van der Waals surface area contributed by atoms with E-state index in [9.17, 15) is 9.18 Å². The maximum absolute atomic E-state index is 12.6. The van der Waals surface area contributed by atoms with Crippen LogP contribution in [0, 0.1) is 5.82 Å². The van der Waals surface area contributed by atoms with Crippen LogP contribution in [0.3, 0.4) is 0 Å². The Hall–Kier alpha value is -1.42. The molecule has 94 valence electrons.